The summed E-state index contributed by atoms with van der Waals surface area (Å²) in [4.78, 5) is -0.557. The van der Waals surface area contributed by atoms with E-state index in [9.17, 15) is 31.8 Å². The fourth-order valence-corrected chi connectivity index (χ4v) is 5.49. The van der Waals surface area contributed by atoms with Crippen molar-refractivity contribution in [2.45, 2.75) is 9.79 Å². The van der Waals surface area contributed by atoms with E-state index in [1.54, 1.807) is 6.07 Å². The molecule has 34 heavy (non-hydrogen) atoms. The SMILES string of the molecule is O=S(=O)([O-])c1cc(N=Nc2ccc(S(=O)(=O)CCSOO[O-])cc2)c(O)c2ccccc12.[Na+].[Na+]. The van der Waals surface area contributed by atoms with Crippen molar-refractivity contribution in [3.05, 3.63) is 54.6 Å². The number of hydrogen-bond donors (Lipinski definition) is 1. The third-order valence-electron chi connectivity index (χ3n) is 4.21. The number of sulfone groups is 1. The van der Waals surface area contributed by atoms with Crippen LogP contribution in [-0.2, 0) is 29.3 Å². The molecule has 3 rings (SSSR count). The smallest absolute Gasteiger partial charge is 0.744 e. The van der Waals surface area contributed by atoms with Crippen LogP contribution in [0.25, 0.3) is 10.8 Å². The fourth-order valence-electron chi connectivity index (χ4n) is 2.74. The van der Waals surface area contributed by atoms with E-state index in [4.69, 9.17) is 0 Å². The molecule has 0 bridgehead atoms. The van der Waals surface area contributed by atoms with Gasteiger partial charge in [0, 0.05) is 28.6 Å². The number of phenolic OH excluding ortho intramolecular Hbond substituents is 1. The average molecular weight is 544 g/mol. The van der Waals surface area contributed by atoms with Gasteiger partial charge in [-0.2, -0.15) is 9.45 Å². The van der Waals surface area contributed by atoms with Crippen molar-refractivity contribution in [3.8, 4) is 5.75 Å². The number of nitrogens with zero attached hydrogens (tertiary/aromatic N) is 2. The Hall–Kier alpha value is -0.590. The van der Waals surface area contributed by atoms with Crippen LogP contribution in [0.5, 0.6) is 5.75 Å². The van der Waals surface area contributed by atoms with Crippen LogP contribution in [0, 0.1) is 0 Å². The Morgan fingerprint density at radius 3 is 2.15 bits per heavy atom. The van der Waals surface area contributed by atoms with E-state index in [1.807, 2.05) is 0 Å². The maximum absolute atomic E-state index is 12.2. The topological polar surface area (TPSA) is 178 Å². The number of benzene rings is 3. The van der Waals surface area contributed by atoms with Gasteiger partial charge in [-0.15, -0.1) is 5.11 Å². The van der Waals surface area contributed by atoms with E-state index in [-0.39, 0.29) is 103 Å². The second-order valence-corrected chi connectivity index (χ2v) is 10.5. The molecular formula is C18H14N2Na2O9S3. The average Bonchev–Trinajstić information content (AvgIpc) is 2.76. The van der Waals surface area contributed by atoms with Crippen LogP contribution in [0.3, 0.4) is 0 Å². The molecule has 0 unspecified atom stereocenters. The molecule has 0 fully saturated rings. The maximum Gasteiger partial charge on any atom is 1.00 e. The summed E-state index contributed by atoms with van der Waals surface area (Å²) in [6.45, 7) is 0. The second kappa shape index (κ2) is 13.6. The van der Waals surface area contributed by atoms with Gasteiger partial charge in [-0.05, 0) is 30.3 Å². The molecule has 0 aliphatic carbocycles. The third kappa shape index (κ3) is 7.96. The molecule has 0 aliphatic rings. The van der Waals surface area contributed by atoms with Gasteiger partial charge in [-0.25, -0.2) is 16.8 Å². The van der Waals surface area contributed by atoms with Crippen LogP contribution >= 0.6 is 12.0 Å². The monoisotopic (exact) mass is 544 g/mol. The summed E-state index contributed by atoms with van der Waals surface area (Å²) in [5.74, 6) is -0.699. The van der Waals surface area contributed by atoms with Crippen molar-refractivity contribution in [2.24, 2.45) is 10.2 Å². The number of aromatic hydroxyl groups is 1. The van der Waals surface area contributed by atoms with Crippen LogP contribution in [0.4, 0.5) is 11.4 Å². The minimum Gasteiger partial charge on any atom is -0.744 e. The summed E-state index contributed by atoms with van der Waals surface area (Å²) in [6.07, 6.45) is 0. The summed E-state index contributed by atoms with van der Waals surface area (Å²) in [5.41, 5.74) is -0.0343. The van der Waals surface area contributed by atoms with Crippen molar-refractivity contribution in [1.82, 2.24) is 0 Å². The molecule has 0 aromatic heterocycles. The summed E-state index contributed by atoms with van der Waals surface area (Å²) in [5, 5.41) is 31.1. The Bertz CT molecular complexity index is 1370. The number of azo groups is 1. The van der Waals surface area contributed by atoms with E-state index < -0.39 is 24.9 Å². The van der Waals surface area contributed by atoms with Crippen LogP contribution in [0.15, 0.2) is 74.6 Å². The molecule has 0 saturated carbocycles. The van der Waals surface area contributed by atoms with E-state index in [1.165, 1.54) is 42.5 Å². The molecule has 3 aromatic carbocycles. The summed E-state index contributed by atoms with van der Waals surface area (Å²) in [7, 11) is -8.50. The van der Waals surface area contributed by atoms with Gasteiger partial charge in [0.1, 0.15) is 15.8 Å². The molecule has 0 heterocycles. The number of phenols is 1. The van der Waals surface area contributed by atoms with Gasteiger partial charge in [0.25, 0.3) is 0 Å². The zero-order valence-corrected chi connectivity index (χ0v) is 24.4. The molecule has 170 valence electrons. The van der Waals surface area contributed by atoms with Crippen LogP contribution < -0.4 is 64.4 Å². The van der Waals surface area contributed by atoms with Crippen molar-refractivity contribution in [3.63, 3.8) is 0 Å². The van der Waals surface area contributed by atoms with Crippen molar-refractivity contribution in [2.75, 3.05) is 11.5 Å². The largest absolute Gasteiger partial charge is 1.00 e. The van der Waals surface area contributed by atoms with Crippen molar-refractivity contribution in [1.29, 1.82) is 0 Å². The van der Waals surface area contributed by atoms with Crippen LogP contribution in [-0.4, -0.2) is 38.0 Å². The van der Waals surface area contributed by atoms with E-state index in [0.717, 1.165) is 6.07 Å². The minimum absolute atomic E-state index is 0. The Morgan fingerprint density at radius 1 is 0.941 bits per heavy atom. The van der Waals surface area contributed by atoms with E-state index in [0.29, 0.717) is 12.0 Å². The molecule has 0 spiro atoms. The van der Waals surface area contributed by atoms with Gasteiger partial charge in [0.05, 0.1) is 21.2 Å². The molecular weight excluding hydrogens is 530 g/mol. The zero-order chi connectivity index (χ0) is 23.4. The standard InChI is InChI=1S/C18H16N2O9S3.2Na/c21-18-15-4-2-1-3-14(15)17(32(25,26)27)11-16(18)20-19-12-5-7-13(8-6-12)31(23,24)10-9-30-29-28-22;;/h1-8,11,21-22H,9-10H2,(H,25,26,27);;/q;2*+1/p-2. The molecule has 0 amide bonds. The number of rotatable bonds is 9. The number of hydrogen-bond acceptors (Lipinski definition) is 12. The Balaban J connectivity index is 0.00000289. The minimum atomic E-state index is -4.85. The second-order valence-electron chi connectivity index (χ2n) is 6.21. The fraction of sp³-hybridized carbons (Fsp3) is 0.111. The molecule has 3 aromatic rings. The normalized spacial score (nSPS) is 11.8. The van der Waals surface area contributed by atoms with Crippen LogP contribution in [0.1, 0.15) is 0 Å². The predicted octanol–water partition coefficient (Wildman–Crippen LogP) is -3.48. The quantitative estimate of drug-likeness (QED) is 0.0541. The van der Waals surface area contributed by atoms with Crippen LogP contribution in [0.2, 0.25) is 0 Å². The summed E-state index contributed by atoms with van der Waals surface area (Å²) in [6, 6.07) is 12.1. The molecule has 0 radical (unpaired) electrons. The van der Waals surface area contributed by atoms with E-state index in [2.05, 4.69) is 19.6 Å². The summed E-state index contributed by atoms with van der Waals surface area (Å²) >= 11 is 0.552. The Morgan fingerprint density at radius 2 is 1.56 bits per heavy atom. The van der Waals surface area contributed by atoms with Crippen molar-refractivity contribution >= 4 is 54.1 Å². The molecule has 16 heteroatoms. The van der Waals surface area contributed by atoms with Gasteiger partial charge >= 0.3 is 59.1 Å². The molecule has 11 nitrogen and oxygen atoms in total. The third-order valence-corrected chi connectivity index (χ3v) is 7.60. The van der Waals surface area contributed by atoms with Gasteiger partial charge in [0.2, 0.25) is 0 Å². The first kappa shape index (κ1) is 31.4. The molecule has 1 N–H and O–H groups in total. The van der Waals surface area contributed by atoms with E-state index >= 15 is 0 Å². The van der Waals surface area contributed by atoms with Gasteiger partial charge < -0.3 is 14.9 Å². The molecule has 0 atom stereocenters. The first-order valence-corrected chi connectivity index (χ1v) is 12.6. The maximum atomic E-state index is 12.2. The zero-order valence-electron chi connectivity index (χ0n) is 17.9. The molecule has 0 aliphatic heterocycles. The predicted molar refractivity (Wildman–Crippen MR) is 111 cm³/mol. The first-order chi connectivity index (χ1) is 15.1. The van der Waals surface area contributed by atoms with Crippen molar-refractivity contribution < 1.29 is 100 Å². The number of fused-ring (bicyclic) bond motifs is 1. The van der Waals surface area contributed by atoms with Gasteiger partial charge in [-0.3, -0.25) is 5.04 Å². The van der Waals surface area contributed by atoms with Gasteiger partial charge in [-0.1, -0.05) is 24.3 Å². The van der Waals surface area contributed by atoms with Gasteiger partial charge in [0.15, 0.2) is 15.6 Å². The Kier molecular flexibility index (Phi) is 12.6. The first-order valence-electron chi connectivity index (χ1n) is 8.67. The Labute approximate surface area is 243 Å². The molecule has 0 saturated heterocycles. The summed E-state index contributed by atoms with van der Waals surface area (Å²) < 4.78 is 63.4.